The van der Waals surface area contributed by atoms with Crippen LogP contribution in [0.1, 0.15) is 47.7 Å². The molecule has 4 nitrogen and oxygen atoms in total. The van der Waals surface area contributed by atoms with Crippen LogP contribution in [-0.4, -0.2) is 29.9 Å². The van der Waals surface area contributed by atoms with Gasteiger partial charge in [-0.2, -0.15) is 0 Å². The third-order valence-corrected chi connectivity index (χ3v) is 4.80. The molecule has 4 N–H and O–H groups in total. The Kier molecular flexibility index (Phi) is 5.37. The van der Waals surface area contributed by atoms with Crippen LogP contribution in [0.4, 0.5) is 0 Å². The highest BCUT2D eigenvalue weighted by atomic mass is 16.1. The molecule has 1 amide bonds. The fourth-order valence-corrected chi connectivity index (χ4v) is 3.25. The zero-order valence-corrected chi connectivity index (χ0v) is 13.1. The van der Waals surface area contributed by atoms with Gasteiger partial charge in [-0.3, -0.25) is 9.69 Å². The van der Waals surface area contributed by atoms with E-state index in [0.717, 1.165) is 31.1 Å². The summed E-state index contributed by atoms with van der Waals surface area (Å²) in [6.07, 6.45) is 3.70. The Morgan fingerprint density at radius 3 is 2.76 bits per heavy atom. The third kappa shape index (κ3) is 3.83. The predicted octanol–water partition coefficient (Wildman–Crippen LogP) is 2.04. The highest BCUT2D eigenvalue weighted by molar-refractivity contribution is 5.93. The van der Waals surface area contributed by atoms with Crippen LogP contribution < -0.4 is 11.5 Å². The molecular formula is C17H27N3O. The minimum atomic E-state index is -0.367. The number of likely N-dealkylation sites (tertiary alicyclic amines) is 1. The van der Waals surface area contributed by atoms with Crippen LogP contribution in [0.3, 0.4) is 0 Å². The molecule has 116 valence electrons. The Bertz CT molecular complexity index is 501. The van der Waals surface area contributed by atoms with Crippen LogP contribution in [-0.2, 0) is 6.54 Å². The predicted molar refractivity (Wildman–Crippen MR) is 86.0 cm³/mol. The maximum absolute atomic E-state index is 11.2. The third-order valence-electron chi connectivity index (χ3n) is 4.80. The summed E-state index contributed by atoms with van der Waals surface area (Å²) in [4.78, 5) is 13.7. The van der Waals surface area contributed by atoms with E-state index in [1.54, 1.807) is 0 Å². The van der Waals surface area contributed by atoms with E-state index in [1.807, 2.05) is 25.1 Å². The van der Waals surface area contributed by atoms with Crippen molar-refractivity contribution in [2.24, 2.45) is 17.4 Å². The van der Waals surface area contributed by atoms with Gasteiger partial charge in [0.1, 0.15) is 0 Å². The van der Waals surface area contributed by atoms with E-state index in [1.165, 1.54) is 24.8 Å². The summed E-state index contributed by atoms with van der Waals surface area (Å²) in [7, 11) is 0. The van der Waals surface area contributed by atoms with Crippen molar-refractivity contribution >= 4 is 5.91 Å². The number of carbonyl (C=O) groups excluding carboxylic acids is 1. The fourth-order valence-electron chi connectivity index (χ4n) is 3.25. The molecule has 2 unspecified atom stereocenters. The molecule has 0 aliphatic carbocycles. The number of benzene rings is 1. The van der Waals surface area contributed by atoms with E-state index < -0.39 is 0 Å². The molecule has 1 aromatic carbocycles. The number of carbonyl (C=O) groups is 1. The number of nitrogens with two attached hydrogens (primary N) is 2. The molecule has 0 saturated carbocycles. The Balaban J connectivity index is 2.08. The summed E-state index contributed by atoms with van der Waals surface area (Å²) in [6, 6.07) is 6.20. The lowest BCUT2D eigenvalue weighted by Crippen LogP contribution is -2.46. The van der Waals surface area contributed by atoms with Crippen LogP contribution in [0, 0.1) is 12.8 Å². The van der Waals surface area contributed by atoms with E-state index in [2.05, 4.69) is 11.8 Å². The maximum atomic E-state index is 11.2. The smallest absolute Gasteiger partial charge is 0.248 e. The molecule has 1 aliphatic rings. The number of hydrogen-bond acceptors (Lipinski definition) is 3. The van der Waals surface area contributed by atoms with Gasteiger partial charge in [-0.1, -0.05) is 19.4 Å². The first-order valence-corrected chi connectivity index (χ1v) is 7.88. The average molecular weight is 289 g/mol. The molecule has 0 bridgehead atoms. The van der Waals surface area contributed by atoms with Gasteiger partial charge in [-0.25, -0.2) is 0 Å². The Labute approximate surface area is 127 Å². The van der Waals surface area contributed by atoms with Crippen molar-refractivity contribution in [3.8, 4) is 0 Å². The van der Waals surface area contributed by atoms with Crippen molar-refractivity contribution in [1.29, 1.82) is 0 Å². The molecule has 1 fully saturated rings. The second-order valence-corrected chi connectivity index (χ2v) is 6.16. The van der Waals surface area contributed by atoms with Crippen molar-refractivity contribution in [1.82, 2.24) is 4.90 Å². The van der Waals surface area contributed by atoms with Gasteiger partial charge in [0.05, 0.1) is 0 Å². The molecule has 1 saturated heterocycles. The molecule has 0 spiro atoms. The minimum absolute atomic E-state index is 0.367. The van der Waals surface area contributed by atoms with Crippen molar-refractivity contribution in [2.45, 2.75) is 45.7 Å². The summed E-state index contributed by atoms with van der Waals surface area (Å²) in [5.74, 6) is 0.446. The first-order valence-electron chi connectivity index (χ1n) is 7.88. The molecule has 21 heavy (non-hydrogen) atoms. The second-order valence-electron chi connectivity index (χ2n) is 6.16. The molecule has 4 heteroatoms. The number of rotatable bonds is 5. The molecule has 0 radical (unpaired) electrons. The van der Waals surface area contributed by atoms with Crippen LogP contribution in [0.25, 0.3) is 0 Å². The Morgan fingerprint density at radius 1 is 1.43 bits per heavy atom. The van der Waals surface area contributed by atoms with Gasteiger partial charge in [-0.15, -0.1) is 0 Å². The van der Waals surface area contributed by atoms with Crippen molar-refractivity contribution in [3.05, 3.63) is 34.9 Å². The summed E-state index contributed by atoms with van der Waals surface area (Å²) in [5.41, 5.74) is 14.3. The lowest BCUT2D eigenvalue weighted by molar-refractivity contribution is 0.0999. The number of piperidine rings is 1. The topological polar surface area (TPSA) is 72.3 Å². The van der Waals surface area contributed by atoms with Crippen LogP contribution >= 0.6 is 0 Å². The van der Waals surface area contributed by atoms with Gasteiger partial charge in [-0.05, 0) is 55.5 Å². The average Bonchev–Trinajstić information content (AvgIpc) is 2.49. The minimum Gasteiger partial charge on any atom is -0.366 e. The van der Waals surface area contributed by atoms with E-state index in [9.17, 15) is 4.79 Å². The monoisotopic (exact) mass is 289 g/mol. The number of primary amides is 1. The summed E-state index contributed by atoms with van der Waals surface area (Å²) in [6.45, 7) is 7.04. The number of hydrogen-bond donors (Lipinski definition) is 2. The normalized spacial score (nSPS) is 23.2. The van der Waals surface area contributed by atoms with Crippen molar-refractivity contribution < 1.29 is 4.79 Å². The van der Waals surface area contributed by atoms with Crippen molar-refractivity contribution in [3.63, 3.8) is 0 Å². The highest BCUT2D eigenvalue weighted by Crippen LogP contribution is 2.27. The summed E-state index contributed by atoms with van der Waals surface area (Å²) in [5, 5.41) is 0. The van der Waals surface area contributed by atoms with Gasteiger partial charge in [0, 0.05) is 24.7 Å². The Morgan fingerprint density at radius 2 is 2.19 bits per heavy atom. The number of aryl methyl sites for hydroxylation is 1. The molecular weight excluding hydrogens is 262 g/mol. The molecule has 1 aliphatic heterocycles. The first-order chi connectivity index (χ1) is 10.0. The van der Waals surface area contributed by atoms with Crippen molar-refractivity contribution in [2.75, 3.05) is 13.1 Å². The summed E-state index contributed by atoms with van der Waals surface area (Å²) >= 11 is 0. The molecule has 2 rings (SSSR count). The lowest BCUT2D eigenvalue weighted by atomic mass is 9.88. The first kappa shape index (κ1) is 16.0. The van der Waals surface area contributed by atoms with Gasteiger partial charge in [0.15, 0.2) is 0 Å². The molecule has 2 atom stereocenters. The quantitative estimate of drug-likeness (QED) is 0.871. The molecule has 1 heterocycles. The van der Waals surface area contributed by atoms with E-state index in [4.69, 9.17) is 11.5 Å². The van der Waals surface area contributed by atoms with Gasteiger partial charge in [0.2, 0.25) is 5.91 Å². The lowest BCUT2D eigenvalue weighted by Gasteiger charge is -2.39. The number of amides is 1. The largest absolute Gasteiger partial charge is 0.366 e. The van der Waals surface area contributed by atoms with Crippen LogP contribution in [0.2, 0.25) is 0 Å². The molecule has 1 aromatic rings. The summed E-state index contributed by atoms with van der Waals surface area (Å²) < 4.78 is 0. The second kappa shape index (κ2) is 7.05. The van der Waals surface area contributed by atoms with Gasteiger partial charge >= 0.3 is 0 Å². The van der Waals surface area contributed by atoms with Crippen LogP contribution in [0.5, 0.6) is 0 Å². The van der Waals surface area contributed by atoms with Gasteiger partial charge < -0.3 is 11.5 Å². The molecule has 0 aromatic heterocycles. The maximum Gasteiger partial charge on any atom is 0.248 e. The Hall–Kier alpha value is -1.39. The van der Waals surface area contributed by atoms with Crippen LogP contribution in [0.15, 0.2) is 18.2 Å². The van der Waals surface area contributed by atoms with E-state index in [0.29, 0.717) is 11.6 Å². The van der Waals surface area contributed by atoms with E-state index in [-0.39, 0.29) is 5.91 Å². The zero-order chi connectivity index (χ0) is 15.4. The standard InChI is InChI=1S/C17H27N3O/c1-3-13-6-7-20(16(9-13)10-18)11-15-5-4-14(17(19)21)8-12(15)2/h4-5,8,13,16H,3,6-7,9-11,18H2,1-2H3,(H2,19,21). The SMILES string of the molecule is CCC1CCN(Cc2ccc(C(N)=O)cc2C)C(CN)C1. The fraction of sp³-hybridized carbons (Fsp3) is 0.588. The zero-order valence-electron chi connectivity index (χ0n) is 13.1. The number of nitrogens with zero attached hydrogens (tertiary/aromatic N) is 1. The highest BCUT2D eigenvalue weighted by Gasteiger charge is 2.26. The van der Waals surface area contributed by atoms with E-state index >= 15 is 0 Å². The van der Waals surface area contributed by atoms with Gasteiger partial charge in [0.25, 0.3) is 0 Å².